The largest absolute Gasteiger partial charge is 0.335 e. The SMILES string of the molecule is C=C(/C(F)=c1/c(-c2nc3c(-c4cc(F)cc(CNC)c4)cncc3[nH]2)n[nH]/c1=C/C)c1cccnc1. The van der Waals surface area contributed by atoms with Crippen molar-refractivity contribution >= 4 is 28.5 Å². The summed E-state index contributed by atoms with van der Waals surface area (Å²) in [6.07, 6.45) is 8.16. The summed E-state index contributed by atoms with van der Waals surface area (Å²) in [5.41, 5.74) is 4.31. The van der Waals surface area contributed by atoms with Crippen molar-refractivity contribution in [3.8, 4) is 22.6 Å². The Morgan fingerprint density at radius 1 is 1.17 bits per heavy atom. The molecule has 1 aromatic carbocycles. The van der Waals surface area contributed by atoms with E-state index >= 15 is 4.39 Å². The molecule has 0 aliphatic rings. The number of hydrogen-bond donors (Lipinski definition) is 3. The van der Waals surface area contributed by atoms with Crippen molar-refractivity contribution in [2.24, 2.45) is 0 Å². The van der Waals surface area contributed by atoms with Crippen LogP contribution in [0.15, 0.2) is 61.7 Å². The minimum absolute atomic E-state index is 0.184. The molecule has 7 nitrogen and oxygen atoms in total. The minimum Gasteiger partial charge on any atom is -0.335 e. The molecule has 5 aromatic rings. The predicted octanol–water partition coefficient (Wildman–Crippen LogP) is 3.86. The van der Waals surface area contributed by atoms with E-state index in [4.69, 9.17) is 4.98 Å². The number of rotatable bonds is 6. The molecule has 0 saturated heterocycles. The van der Waals surface area contributed by atoms with Crippen molar-refractivity contribution in [1.29, 1.82) is 0 Å². The zero-order chi connectivity index (χ0) is 25.2. The Kier molecular flexibility index (Phi) is 6.22. The zero-order valence-electron chi connectivity index (χ0n) is 19.7. The van der Waals surface area contributed by atoms with Crippen molar-refractivity contribution in [2.45, 2.75) is 13.5 Å². The molecule has 0 atom stereocenters. The highest BCUT2D eigenvalue weighted by Crippen LogP contribution is 2.29. The number of imidazole rings is 1. The van der Waals surface area contributed by atoms with Gasteiger partial charge in [0, 0.05) is 41.8 Å². The summed E-state index contributed by atoms with van der Waals surface area (Å²) < 4.78 is 30.2. The topological polar surface area (TPSA) is 95.2 Å². The van der Waals surface area contributed by atoms with Gasteiger partial charge in [0.1, 0.15) is 17.3 Å². The molecule has 0 aliphatic carbocycles. The first-order valence-electron chi connectivity index (χ1n) is 11.3. The van der Waals surface area contributed by atoms with E-state index in [9.17, 15) is 4.39 Å². The average molecular weight is 484 g/mol. The molecule has 5 rings (SSSR count). The van der Waals surface area contributed by atoms with Crippen molar-refractivity contribution < 1.29 is 8.78 Å². The molecule has 0 saturated carbocycles. The van der Waals surface area contributed by atoms with E-state index < -0.39 is 5.83 Å². The summed E-state index contributed by atoms with van der Waals surface area (Å²) in [6.45, 7) is 6.23. The molecule has 4 heterocycles. The van der Waals surface area contributed by atoms with Crippen LogP contribution in [0.1, 0.15) is 18.1 Å². The summed E-state index contributed by atoms with van der Waals surface area (Å²) in [5, 5.41) is 11.0. The van der Waals surface area contributed by atoms with Crippen LogP contribution in [0.25, 0.3) is 51.2 Å². The number of fused-ring (bicyclic) bond motifs is 1. The first kappa shape index (κ1) is 23.3. The number of aromatic nitrogens is 6. The Morgan fingerprint density at radius 2 is 2.03 bits per heavy atom. The number of nitrogens with zero attached hydrogens (tertiary/aromatic N) is 4. The lowest BCUT2D eigenvalue weighted by Gasteiger charge is -2.06. The van der Waals surface area contributed by atoms with Gasteiger partial charge >= 0.3 is 0 Å². The van der Waals surface area contributed by atoms with Gasteiger partial charge in [-0.2, -0.15) is 5.10 Å². The number of halogens is 2. The third kappa shape index (κ3) is 4.20. The number of pyridine rings is 2. The van der Waals surface area contributed by atoms with Gasteiger partial charge in [-0.1, -0.05) is 18.7 Å². The van der Waals surface area contributed by atoms with Gasteiger partial charge in [-0.15, -0.1) is 0 Å². The van der Waals surface area contributed by atoms with Crippen LogP contribution in [-0.4, -0.2) is 37.2 Å². The van der Waals surface area contributed by atoms with Gasteiger partial charge in [-0.05, 0) is 49.4 Å². The Morgan fingerprint density at radius 3 is 2.78 bits per heavy atom. The molecule has 0 amide bonds. The molecule has 0 bridgehead atoms. The second-order valence-corrected chi connectivity index (χ2v) is 8.23. The van der Waals surface area contributed by atoms with E-state index in [1.54, 1.807) is 57.0 Å². The Hall–Kier alpha value is -4.50. The van der Waals surface area contributed by atoms with E-state index in [0.29, 0.717) is 51.1 Å². The Bertz CT molecular complexity index is 1700. The van der Waals surface area contributed by atoms with Crippen LogP contribution >= 0.6 is 0 Å². The number of hydrogen-bond acceptors (Lipinski definition) is 5. The summed E-state index contributed by atoms with van der Waals surface area (Å²) in [6, 6.07) is 8.28. The number of nitrogens with one attached hydrogen (secondary N) is 3. The maximum Gasteiger partial charge on any atom is 0.159 e. The first-order valence-corrected chi connectivity index (χ1v) is 11.3. The number of allylic oxidation sites excluding steroid dienone is 1. The number of H-pyrrole nitrogens is 2. The van der Waals surface area contributed by atoms with Crippen LogP contribution in [-0.2, 0) is 6.54 Å². The number of benzene rings is 1. The van der Waals surface area contributed by atoms with E-state index in [2.05, 4.69) is 37.0 Å². The third-order valence-corrected chi connectivity index (χ3v) is 5.85. The van der Waals surface area contributed by atoms with Crippen molar-refractivity contribution in [1.82, 2.24) is 35.5 Å². The van der Waals surface area contributed by atoms with Gasteiger partial charge in [0.25, 0.3) is 0 Å². The van der Waals surface area contributed by atoms with Crippen LogP contribution < -0.4 is 15.9 Å². The van der Waals surface area contributed by atoms with Gasteiger partial charge in [-0.25, -0.2) is 13.8 Å². The molecule has 0 unspecified atom stereocenters. The van der Waals surface area contributed by atoms with Gasteiger partial charge in [0.05, 0.1) is 27.8 Å². The summed E-state index contributed by atoms with van der Waals surface area (Å²) in [5.74, 6) is -0.547. The second kappa shape index (κ2) is 9.63. The first-order chi connectivity index (χ1) is 17.5. The fraction of sp³-hybridized carbons (Fsp3) is 0.111. The van der Waals surface area contributed by atoms with Crippen molar-refractivity contribution in [3.05, 3.63) is 89.2 Å². The van der Waals surface area contributed by atoms with Crippen LogP contribution in [0.3, 0.4) is 0 Å². The predicted molar refractivity (Wildman–Crippen MR) is 137 cm³/mol. The molecule has 0 spiro atoms. The second-order valence-electron chi connectivity index (χ2n) is 8.23. The molecule has 9 heteroatoms. The van der Waals surface area contributed by atoms with E-state index in [-0.39, 0.29) is 16.6 Å². The van der Waals surface area contributed by atoms with Gasteiger partial charge in [-0.3, -0.25) is 15.1 Å². The fourth-order valence-electron chi connectivity index (χ4n) is 4.15. The maximum atomic E-state index is 15.8. The standard InChI is InChI=1S/C27H23F2N7/c1-4-21-23(24(29)15(2)17-6-5-7-31-12-17)26(36-35-21)27-33-22-14-32-13-20(25(22)34-27)18-8-16(11-30-3)9-19(28)10-18/h4-10,12-14,30,35H,2,11H2,1,3H3,(H,33,34)/b21-4+,24-23-. The van der Waals surface area contributed by atoms with Gasteiger partial charge < -0.3 is 10.3 Å². The molecule has 4 aromatic heterocycles. The van der Waals surface area contributed by atoms with E-state index in [1.165, 1.54) is 12.1 Å². The highest BCUT2D eigenvalue weighted by atomic mass is 19.1. The molecule has 36 heavy (non-hydrogen) atoms. The lowest BCUT2D eigenvalue weighted by molar-refractivity contribution is 0.624. The average Bonchev–Trinajstić information content (AvgIpc) is 3.52. The summed E-state index contributed by atoms with van der Waals surface area (Å²) in [7, 11) is 1.80. The van der Waals surface area contributed by atoms with Crippen molar-refractivity contribution in [2.75, 3.05) is 7.05 Å². The minimum atomic E-state index is -0.541. The van der Waals surface area contributed by atoms with E-state index in [1.807, 2.05) is 6.07 Å². The molecule has 3 N–H and O–H groups in total. The Labute approximate surface area is 205 Å². The summed E-state index contributed by atoms with van der Waals surface area (Å²) in [4.78, 5) is 16.3. The highest BCUT2D eigenvalue weighted by molar-refractivity contribution is 5.95. The zero-order valence-corrected chi connectivity index (χ0v) is 19.7. The molecule has 180 valence electrons. The molecule has 0 fully saturated rings. The molecular formula is C27H23F2N7. The van der Waals surface area contributed by atoms with Gasteiger partial charge in [0.15, 0.2) is 5.82 Å². The van der Waals surface area contributed by atoms with Crippen LogP contribution in [0.4, 0.5) is 8.78 Å². The lowest BCUT2D eigenvalue weighted by atomic mass is 10.0. The quantitative estimate of drug-likeness (QED) is 0.341. The fourth-order valence-corrected chi connectivity index (χ4v) is 4.15. The third-order valence-electron chi connectivity index (χ3n) is 5.85. The maximum absolute atomic E-state index is 15.8. The lowest BCUT2D eigenvalue weighted by Crippen LogP contribution is -2.26. The monoisotopic (exact) mass is 483 g/mol. The van der Waals surface area contributed by atoms with Crippen molar-refractivity contribution in [3.63, 3.8) is 0 Å². The van der Waals surface area contributed by atoms with E-state index in [0.717, 1.165) is 5.56 Å². The normalized spacial score (nSPS) is 12.8. The number of aromatic amines is 2. The molecule has 0 aliphatic heterocycles. The smallest absolute Gasteiger partial charge is 0.159 e. The summed E-state index contributed by atoms with van der Waals surface area (Å²) >= 11 is 0. The Balaban J connectivity index is 1.69. The van der Waals surface area contributed by atoms with Crippen LogP contribution in [0.5, 0.6) is 0 Å². The molecular weight excluding hydrogens is 460 g/mol. The molecule has 0 radical (unpaired) electrons. The van der Waals surface area contributed by atoms with Crippen LogP contribution in [0, 0.1) is 5.82 Å². The highest BCUT2D eigenvalue weighted by Gasteiger charge is 2.18. The van der Waals surface area contributed by atoms with Gasteiger partial charge in [0.2, 0.25) is 0 Å². The van der Waals surface area contributed by atoms with Crippen LogP contribution in [0.2, 0.25) is 0 Å².